The van der Waals surface area contributed by atoms with E-state index in [-0.39, 0.29) is 11.9 Å². The van der Waals surface area contributed by atoms with Crippen LogP contribution in [0.25, 0.3) is 5.65 Å². The fraction of sp³-hybridized carbons (Fsp3) is 0.600. The molecule has 0 saturated heterocycles. The van der Waals surface area contributed by atoms with Crippen LogP contribution >= 0.6 is 0 Å². The van der Waals surface area contributed by atoms with Crippen molar-refractivity contribution >= 4 is 11.6 Å². The third-order valence-electron chi connectivity index (χ3n) is 6.30. The SMILES string of the molecule is Cc1nc2c(C)cccn2c1CC(=O)NC(C)C1CC2CCC1C2. The van der Waals surface area contributed by atoms with Crippen molar-refractivity contribution in [1.82, 2.24) is 14.7 Å². The normalized spacial score (nSPS) is 26.9. The molecule has 0 radical (unpaired) electrons. The van der Waals surface area contributed by atoms with Gasteiger partial charge in [0.1, 0.15) is 5.65 Å². The van der Waals surface area contributed by atoms with Gasteiger partial charge in [-0.3, -0.25) is 4.79 Å². The number of imidazole rings is 1. The Morgan fingerprint density at radius 2 is 2.21 bits per heavy atom. The summed E-state index contributed by atoms with van der Waals surface area (Å²) in [6.07, 6.45) is 7.87. The standard InChI is InChI=1S/C20H27N3O/c1-12-5-4-8-23-18(14(3)22-20(12)23)11-19(24)21-13(2)17-10-15-6-7-16(17)9-15/h4-5,8,13,15-17H,6-7,9-11H2,1-3H3,(H,21,24). The molecule has 0 aromatic carbocycles. The van der Waals surface area contributed by atoms with E-state index in [0.29, 0.717) is 12.3 Å². The van der Waals surface area contributed by atoms with E-state index in [1.54, 1.807) is 0 Å². The van der Waals surface area contributed by atoms with Crippen LogP contribution in [0.15, 0.2) is 18.3 Å². The number of fused-ring (bicyclic) bond motifs is 3. The average molecular weight is 325 g/mol. The first-order valence-corrected chi connectivity index (χ1v) is 9.25. The number of amides is 1. The summed E-state index contributed by atoms with van der Waals surface area (Å²) in [5, 5.41) is 3.27. The van der Waals surface area contributed by atoms with Crippen LogP contribution in [-0.2, 0) is 11.2 Å². The van der Waals surface area contributed by atoms with Crippen LogP contribution < -0.4 is 5.32 Å². The van der Waals surface area contributed by atoms with Crippen molar-refractivity contribution < 1.29 is 4.79 Å². The lowest BCUT2D eigenvalue weighted by Gasteiger charge is -2.28. The molecule has 2 fully saturated rings. The molecule has 2 saturated carbocycles. The molecule has 2 heterocycles. The quantitative estimate of drug-likeness (QED) is 0.936. The van der Waals surface area contributed by atoms with E-state index in [9.17, 15) is 4.79 Å². The zero-order valence-corrected chi connectivity index (χ0v) is 14.9. The maximum absolute atomic E-state index is 12.6. The van der Waals surface area contributed by atoms with Gasteiger partial charge in [-0.05, 0) is 69.4 Å². The maximum Gasteiger partial charge on any atom is 0.226 e. The van der Waals surface area contributed by atoms with Crippen molar-refractivity contribution in [2.75, 3.05) is 0 Å². The zero-order valence-electron chi connectivity index (χ0n) is 14.9. The smallest absolute Gasteiger partial charge is 0.226 e. The topological polar surface area (TPSA) is 46.4 Å². The number of nitrogens with one attached hydrogen (secondary N) is 1. The summed E-state index contributed by atoms with van der Waals surface area (Å²) in [5.41, 5.74) is 4.06. The number of hydrogen-bond donors (Lipinski definition) is 1. The lowest BCUT2D eigenvalue weighted by Crippen LogP contribution is -2.41. The molecule has 0 aliphatic heterocycles. The molecular formula is C20H27N3O. The fourth-order valence-corrected chi connectivity index (χ4v) is 5.05. The Labute approximate surface area is 143 Å². The van der Waals surface area contributed by atoms with Gasteiger partial charge in [0.05, 0.1) is 17.8 Å². The first kappa shape index (κ1) is 15.7. The van der Waals surface area contributed by atoms with Crippen molar-refractivity contribution in [2.24, 2.45) is 17.8 Å². The molecule has 1 amide bonds. The molecule has 2 aromatic heterocycles. The van der Waals surface area contributed by atoms with Crippen LogP contribution in [0.3, 0.4) is 0 Å². The first-order valence-electron chi connectivity index (χ1n) is 9.25. The van der Waals surface area contributed by atoms with Gasteiger partial charge in [-0.2, -0.15) is 0 Å². The summed E-state index contributed by atoms with van der Waals surface area (Å²) in [5.74, 6) is 2.56. The fourth-order valence-electron chi connectivity index (χ4n) is 5.05. The Morgan fingerprint density at radius 3 is 2.92 bits per heavy atom. The van der Waals surface area contributed by atoms with Crippen molar-refractivity contribution in [2.45, 2.75) is 58.9 Å². The summed E-state index contributed by atoms with van der Waals surface area (Å²) in [7, 11) is 0. The lowest BCUT2D eigenvalue weighted by atomic mass is 9.84. The third-order valence-corrected chi connectivity index (χ3v) is 6.30. The van der Waals surface area contributed by atoms with Crippen molar-refractivity contribution in [3.8, 4) is 0 Å². The number of carbonyl (C=O) groups is 1. The maximum atomic E-state index is 12.6. The number of carbonyl (C=O) groups excluding carboxylic acids is 1. The molecule has 4 rings (SSSR count). The molecule has 4 atom stereocenters. The Morgan fingerprint density at radius 1 is 1.38 bits per heavy atom. The lowest BCUT2D eigenvalue weighted by molar-refractivity contribution is -0.121. The highest BCUT2D eigenvalue weighted by Crippen LogP contribution is 2.49. The Balaban J connectivity index is 1.46. The van der Waals surface area contributed by atoms with Gasteiger partial charge in [0.2, 0.25) is 5.91 Å². The molecule has 4 nitrogen and oxygen atoms in total. The average Bonchev–Trinajstić information content (AvgIpc) is 3.24. The van der Waals surface area contributed by atoms with Gasteiger partial charge in [-0.1, -0.05) is 12.5 Å². The van der Waals surface area contributed by atoms with E-state index in [2.05, 4.69) is 34.6 Å². The van der Waals surface area contributed by atoms with Gasteiger partial charge in [0.15, 0.2) is 0 Å². The van der Waals surface area contributed by atoms with Crippen LogP contribution in [-0.4, -0.2) is 21.3 Å². The summed E-state index contributed by atoms with van der Waals surface area (Å²) < 4.78 is 2.06. The molecule has 0 spiro atoms. The van der Waals surface area contributed by atoms with Gasteiger partial charge in [-0.25, -0.2) is 4.98 Å². The Kier molecular flexibility index (Phi) is 3.86. The highest BCUT2D eigenvalue weighted by atomic mass is 16.1. The van der Waals surface area contributed by atoms with Gasteiger partial charge < -0.3 is 9.72 Å². The van der Waals surface area contributed by atoms with E-state index in [1.807, 2.05) is 19.2 Å². The molecule has 1 N–H and O–H groups in total. The monoisotopic (exact) mass is 325 g/mol. The summed E-state index contributed by atoms with van der Waals surface area (Å²) in [4.78, 5) is 17.2. The largest absolute Gasteiger partial charge is 0.353 e. The zero-order chi connectivity index (χ0) is 16.8. The molecular weight excluding hydrogens is 298 g/mol. The van der Waals surface area contributed by atoms with Crippen molar-refractivity contribution in [1.29, 1.82) is 0 Å². The van der Waals surface area contributed by atoms with Gasteiger partial charge in [-0.15, -0.1) is 0 Å². The Hall–Kier alpha value is -1.84. The number of hydrogen-bond acceptors (Lipinski definition) is 2. The van der Waals surface area contributed by atoms with E-state index in [0.717, 1.165) is 34.4 Å². The summed E-state index contributed by atoms with van der Waals surface area (Å²) in [6, 6.07) is 4.36. The number of nitrogens with zero attached hydrogens (tertiary/aromatic N) is 2. The molecule has 2 bridgehead atoms. The summed E-state index contributed by atoms with van der Waals surface area (Å²) in [6.45, 7) is 6.24. The highest BCUT2D eigenvalue weighted by Gasteiger charge is 2.42. The van der Waals surface area contributed by atoms with Crippen LogP contribution in [0.1, 0.15) is 49.6 Å². The molecule has 4 heteroatoms. The predicted molar refractivity (Wildman–Crippen MR) is 94.9 cm³/mol. The minimum Gasteiger partial charge on any atom is -0.353 e. The van der Waals surface area contributed by atoms with Crippen LogP contribution in [0.5, 0.6) is 0 Å². The molecule has 4 unspecified atom stereocenters. The van der Waals surface area contributed by atoms with E-state index >= 15 is 0 Å². The van der Waals surface area contributed by atoms with E-state index < -0.39 is 0 Å². The van der Waals surface area contributed by atoms with Crippen LogP contribution in [0, 0.1) is 31.6 Å². The Bertz CT molecular complexity index is 779. The van der Waals surface area contributed by atoms with E-state index in [4.69, 9.17) is 0 Å². The molecule has 2 aliphatic carbocycles. The minimum atomic E-state index is 0.122. The third kappa shape index (κ3) is 2.62. The van der Waals surface area contributed by atoms with Crippen molar-refractivity contribution in [3.63, 3.8) is 0 Å². The van der Waals surface area contributed by atoms with Gasteiger partial charge in [0.25, 0.3) is 0 Å². The highest BCUT2D eigenvalue weighted by molar-refractivity contribution is 5.79. The molecule has 24 heavy (non-hydrogen) atoms. The molecule has 2 aromatic rings. The molecule has 128 valence electrons. The molecule has 2 aliphatic rings. The second-order valence-electron chi connectivity index (χ2n) is 7.90. The summed E-state index contributed by atoms with van der Waals surface area (Å²) >= 11 is 0. The number of aromatic nitrogens is 2. The first-order chi connectivity index (χ1) is 11.5. The second-order valence-corrected chi connectivity index (χ2v) is 7.90. The van der Waals surface area contributed by atoms with Crippen molar-refractivity contribution in [3.05, 3.63) is 35.3 Å². The van der Waals surface area contributed by atoms with Gasteiger partial charge >= 0.3 is 0 Å². The van der Waals surface area contributed by atoms with Crippen LogP contribution in [0.4, 0.5) is 0 Å². The van der Waals surface area contributed by atoms with E-state index in [1.165, 1.54) is 25.7 Å². The number of pyridine rings is 1. The minimum absolute atomic E-state index is 0.122. The van der Waals surface area contributed by atoms with Gasteiger partial charge in [0, 0.05) is 12.2 Å². The van der Waals surface area contributed by atoms with Crippen LogP contribution in [0.2, 0.25) is 0 Å². The second kappa shape index (κ2) is 5.91. The number of rotatable bonds is 4. The predicted octanol–water partition coefficient (Wildman–Crippen LogP) is 3.43. The number of aryl methyl sites for hydroxylation is 2.